The first-order chi connectivity index (χ1) is 6.57. The van der Waals surface area contributed by atoms with Crippen molar-refractivity contribution in [3.63, 3.8) is 0 Å². The molecule has 0 bridgehead atoms. The molecule has 0 saturated heterocycles. The summed E-state index contributed by atoms with van der Waals surface area (Å²) in [4.78, 5) is 0. The highest BCUT2D eigenvalue weighted by Crippen LogP contribution is 2.18. The molecule has 0 spiro atoms. The highest BCUT2D eigenvalue weighted by Gasteiger charge is 2.26. The molecule has 2 N–H and O–H groups in total. The standard InChI is InChI=1S/C11H15F2N/c1-2-9-3-5-10(6-4-9)7-11(12,13)8-14/h3-6H,2,7-8,14H2,1H3. The third-order valence-electron chi connectivity index (χ3n) is 2.19. The summed E-state index contributed by atoms with van der Waals surface area (Å²) in [6, 6.07) is 7.23. The van der Waals surface area contributed by atoms with Gasteiger partial charge in [-0.3, -0.25) is 0 Å². The number of hydrogen-bond donors (Lipinski definition) is 1. The van der Waals surface area contributed by atoms with Crippen molar-refractivity contribution in [3.8, 4) is 0 Å². The van der Waals surface area contributed by atoms with Gasteiger partial charge in [-0.2, -0.15) is 0 Å². The largest absolute Gasteiger partial charge is 0.325 e. The third kappa shape index (κ3) is 3.07. The summed E-state index contributed by atoms with van der Waals surface area (Å²) < 4.78 is 25.8. The molecule has 0 saturated carbocycles. The fourth-order valence-corrected chi connectivity index (χ4v) is 1.26. The Morgan fingerprint density at radius 3 is 2.07 bits per heavy atom. The Hall–Kier alpha value is -0.960. The molecule has 3 heteroatoms. The molecule has 1 aromatic carbocycles. The average molecular weight is 199 g/mol. The van der Waals surface area contributed by atoms with Gasteiger partial charge in [0.05, 0.1) is 6.54 Å². The van der Waals surface area contributed by atoms with Gasteiger partial charge in [-0.15, -0.1) is 0 Å². The van der Waals surface area contributed by atoms with Gasteiger partial charge in [-0.1, -0.05) is 31.2 Å². The van der Waals surface area contributed by atoms with Crippen LogP contribution < -0.4 is 5.73 Å². The molecule has 0 heterocycles. The molecule has 0 aliphatic carbocycles. The van der Waals surface area contributed by atoms with Gasteiger partial charge in [-0.05, 0) is 17.5 Å². The predicted octanol–water partition coefficient (Wildman–Crippen LogP) is 2.39. The monoisotopic (exact) mass is 199 g/mol. The Bertz CT molecular complexity index is 280. The molecule has 1 rings (SSSR count). The lowest BCUT2D eigenvalue weighted by Gasteiger charge is -2.13. The average Bonchev–Trinajstić information content (AvgIpc) is 2.19. The van der Waals surface area contributed by atoms with Crippen LogP contribution in [-0.4, -0.2) is 12.5 Å². The normalized spacial score (nSPS) is 11.7. The van der Waals surface area contributed by atoms with Gasteiger partial charge < -0.3 is 5.73 Å². The number of nitrogens with two attached hydrogens (primary N) is 1. The van der Waals surface area contributed by atoms with E-state index in [0.29, 0.717) is 5.56 Å². The lowest BCUT2D eigenvalue weighted by atomic mass is 10.0. The van der Waals surface area contributed by atoms with Crippen LogP contribution in [0.1, 0.15) is 18.1 Å². The molecule has 0 amide bonds. The molecular weight excluding hydrogens is 184 g/mol. The molecule has 0 aromatic heterocycles. The maximum Gasteiger partial charge on any atom is 0.264 e. The van der Waals surface area contributed by atoms with Crippen LogP contribution in [0.15, 0.2) is 24.3 Å². The van der Waals surface area contributed by atoms with Gasteiger partial charge in [-0.25, -0.2) is 8.78 Å². The second-order valence-electron chi connectivity index (χ2n) is 3.41. The summed E-state index contributed by atoms with van der Waals surface area (Å²) in [6.07, 6.45) is 0.654. The molecule has 0 unspecified atom stereocenters. The summed E-state index contributed by atoms with van der Waals surface area (Å²) in [5.74, 6) is -2.78. The van der Waals surface area contributed by atoms with Crippen LogP contribution in [0.3, 0.4) is 0 Å². The summed E-state index contributed by atoms with van der Waals surface area (Å²) in [5.41, 5.74) is 6.75. The number of hydrogen-bond acceptors (Lipinski definition) is 1. The topological polar surface area (TPSA) is 26.0 Å². The maximum atomic E-state index is 12.9. The Labute approximate surface area is 82.9 Å². The van der Waals surface area contributed by atoms with E-state index in [4.69, 9.17) is 5.73 Å². The molecule has 0 atom stereocenters. The van der Waals surface area contributed by atoms with E-state index < -0.39 is 12.5 Å². The summed E-state index contributed by atoms with van der Waals surface area (Å²) in [5, 5.41) is 0. The fraction of sp³-hybridized carbons (Fsp3) is 0.455. The van der Waals surface area contributed by atoms with Crippen molar-refractivity contribution < 1.29 is 8.78 Å². The van der Waals surface area contributed by atoms with Gasteiger partial charge in [0, 0.05) is 6.42 Å². The molecular formula is C11H15F2N. The van der Waals surface area contributed by atoms with Crippen LogP contribution in [0.25, 0.3) is 0 Å². The number of aryl methyl sites for hydroxylation is 1. The zero-order valence-corrected chi connectivity index (χ0v) is 8.26. The van der Waals surface area contributed by atoms with E-state index >= 15 is 0 Å². The molecule has 1 nitrogen and oxygen atoms in total. The van der Waals surface area contributed by atoms with E-state index in [2.05, 4.69) is 0 Å². The van der Waals surface area contributed by atoms with E-state index in [9.17, 15) is 8.78 Å². The quantitative estimate of drug-likeness (QED) is 0.791. The third-order valence-corrected chi connectivity index (χ3v) is 2.19. The maximum absolute atomic E-state index is 12.9. The highest BCUT2D eigenvalue weighted by atomic mass is 19.3. The van der Waals surface area contributed by atoms with Crippen LogP contribution in [-0.2, 0) is 12.8 Å². The number of halogens is 2. The summed E-state index contributed by atoms with van der Waals surface area (Å²) >= 11 is 0. The minimum atomic E-state index is -2.78. The van der Waals surface area contributed by atoms with E-state index in [-0.39, 0.29) is 6.42 Å². The van der Waals surface area contributed by atoms with Crippen molar-refractivity contribution in [2.45, 2.75) is 25.7 Å². The second kappa shape index (κ2) is 4.51. The smallest absolute Gasteiger partial charge is 0.264 e. The molecule has 0 radical (unpaired) electrons. The Balaban J connectivity index is 2.69. The van der Waals surface area contributed by atoms with E-state index in [0.717, 1.165) is 12.0 Å². The number of benzene rings is 1. The Morgan fingerprint density at radius 2 is 1.64 bits per heavy atom. The molecule has 0 fully saturated rings. The Kier molecular flexibility index (Phi) is 3.58. The highest BCUT2D eigenvalue weighted by molar-refractivity contribution is 5.23. The van der Waals surface area contributed by atoms with Gasteiger partial charge in [0.2, 0.25) is 0 Å². The molecule has 1 aromatic rings. The van der Waals surface area contributed by atoms with Crippen LogP contribution >= 0.6 is 0 Å². The van der Waals surface area contributed by atoms with Crippen molar-refractivity contribution in [1.29, 1.82) is 0 Å². The molecule has 0 aliphatic heterocycles. The SMILES string of the molecule is CCc1ccc(CC(F)(F)CN)cc1. The minimum absolute atomic E-state index is 0.270. The van der Waals surface area contributed by atoms with Crippen molar-refractivity contribution in [2.75, 3.05) is 6.54 Å². The number of rotatable bonds is 4. The van der Waals surface area contributed by atoms with Crippen molar-refractivity contribution in [3.05, 3.63) is 35.4 Å². The number of alkyl halides is 2. The molecule has 78 valence electrons. The van der Waals surface area contributed by atoms with Crippen molar-refractivity contribution in [1.82, 2.24) is 0 Å². The molecule has 0 aliphatic rings. The van der Waals surface area contributed by atoms with Gasteiger partial charge in [0.15, 0.2) is 0 Å². The summed E-state index contributed by atoms with van der Waals surface area (Å²) in [6.45, 7) is 1.44. The van der Waals surface area contributed by atoms with Crippen LogP contribution in [0.5, 0.6) is 0 Å². The van der Waals surface area contributed by atoms with E-state index in [1.54, 1.807) is 12.1 Å². The molecule has 14 heavy (non-hydrogen) atoms. The van der Waals surface area contributed by atoms with E-state index in [1.807, 2.05) is 19.1 Å². The first kappa shape index (κ1) is 11.1. The second-order valence-corrected chi connectivity index (χ2v) is 3.41. The first-order valence-corrected chi connectivity index (χ1v) is 4.73. The zero-order valence-electron chi connectivity index (χ0n) is 8.26. The van der Waals surface area contributed by atoms with Crippen molar-refractivity contribution >= 4 is 0 Å². The van der Waals surface area contributed by atoms with Crippen LogP contribution in [0, 0.1) is 0 Å². The van der Waals surface area contributed by atoms with Gasteiger partial charge >= 0.3 is 0 Å². The Morgan fingerprint density at radius 1 is 1.14 bits per heavy atom. The minimum Gasteiger partial charge on any atom is -0.325 e. The van der Waals surface area contributed by atoms with Gasteiger partial charge in [0.25, 0.3) is 5.92 Å². The van der Waals surface area contributed by atoms with Gasteiger partial charge in [0.1, 0.15) is 0 Å². The van der Waals surface area contributed by atoms with Crippen LogP contribution in [0.2, 0.25) is 0 Å². The predicted molar refractivity (Wildman–Crippen MR) is 53.5 cm³/mol. The lowest BCUT2D eigenvalue weighted by molar-refractivity contribution is 0.0115. The fourth-order valence-electron chi connectivity index (χ4n) is 1.26. The summed E-state index contributed by atoms with van der Waals surface area (Å²) in [7, 11) is 0. The van der Waals surface area contributed by atoms with Crippen LogP contribution in [0.4, 0.5) is 8.78 Å². The van der Waals surface area contributed by atoms with Crippen molar-refractivity contribution in [2.24, 2.45) is 5.73 Å². The lowest BCUT2D eigenvalue weighted by Crippen LogP contribution is -2.30. The zero-order chi connectivity index (χ0) is 10.6. The first-order valence-electron chi connectivity index (χ1n) is 4.73. The van der Waals surface area contributed by atoms with E-state index in [1.165, 1.54) is 0 Å².